The summed E-state index contributed by atoms with van der Waals surface area (Å²) in [6, 6.07) is 23.2. The molecule has 0 aliphatic heterocycles. The van der Waals surface area contributed by atoms with Gasteiger partial charge in [0.1, 0.15) is 7.85 Å². The molecule has 30 heavy (non-hydrogen) atoms. The van der Waals surface area contributed by atoms with E-state index in [1.807, 2.05) is 12.1 Å². The van der Waals surface area contributed by atoms with Crippen LogP contribution in [0, 0.1) is 0 Å². The van der Waals surface area contributed by atoms with Crippen molar-refractivity contribution in [1.29, 1.82) is 0 Å². The predicted octanol–water partition coefficient (Wildman–Crippen LogP) is 8.25. The molecule has 0 saturated carbocycles. The van der Waals surface area contributed by atoms with Gasteiger partial charge in [0.2, 0.25) is 0 Å². The van der Waals surface area contributed by atoms with Crippen LogP contribution in [0.3, 0.4) is 0 Å². The van der Waals surface area contributed by atoms with Gasteiger partial charge >= 0.3 is 0 Å². The average Bonchev–Trinajstić information content (AvgIpc) is 2.79. The summed E-state index contributed by atoms with van der Waals surface area (Å²) in [4.78, 5) is 0. The molecule has 0 bridgehead atoms. The smallest absolute Gasteiger partial charge is 0.103 e. The van der Waals surface area contributed by atoms with Gasteiger partial charge in [0, 0.05) is 0 Å². The Morgan fingerprint density at radius 3 is 2.03 bits per heavy atom. The topological polar surface area (TPSA) is 0 Å². The molecule has 0 fully saturated rings. The molecule has 1 heteroatoms. The Kier molecular flexibility index (Phi) is 8.57. The highest BCUT2D eigenvalue weighted by atomic mass is 14.1. The third-order valence-corrected chi connectivity index (χ3v) is 5.82. The SMILES string of the molecule is C=CCCCCCCCCC.[B]c1c2ccccc2cc2c1ccc1ccccc12. The standard InChI is InChI=1S/C18H11B.C11H22/c19-18-15-8-4-2-6-13(15)11-17-14-7-3-1-5-12(14)9-10-16(17)18;1-3-5-7-9-11-10-8-6-4-2/h1-11H;3H,1,4-11H2,2H3. The lowest BCUT2D eigenvalue weighted by Gasteiger charge is -2.10. The lowest BCUT2D eigenvalue weighted by molar-refractivity contribution is 0.592. The highest BCUT2D eigenvalue weighted by Crippen LogP contribution is 2.27. The molecule has 0 heterocycles. The number of unbranched alkanes of at least 4 members (excludes halogenated alkanes) is 7. The van der Waals surface area contributed by atoms with Crippen LogP contribution in [0.25, 0.3) is 32.3 Å². The summed E-state index contributed by atoms with van der Waals surface area (Å²) < 4.78 is 0. The fourth-order valence-electron chi connectivity index (χ4n) is 4.10. The summed E-state index contributed by atoms with van der Waals surface area (Å²) in [5, 5.41) is 7.21. The van der Waals surface area contributed by atoms with Gasteiger partial charge in [0.15, 0.2) is 0 Å². The van der Waals surface area contributed by atoms with Gasteiger partial charge in [-0.3, -0.25) is 0 Å². The summed E-state index contributed by atoms with van der Waals surface area (Å²) in [6.45, 7) is 5.97. The van der Waals surface area contributed by atoms with Crippen molar-refractivity contribution >= 4 is 45.6 Å². The maximum Gasteiger partial charge on any atom is 0.115 e. The Balaban J connectivity index is 0.000000202. The number of hydrogen-bond acceptors (Lipinski definition) is 0. The molecule has 0 nitrogen and oxygen atoms in total. The Morgan fingerprint density at radius 2 is 1.30 bits per heavy atom. The minimum absolute atomic E-state index is 0.874. The molecule has 0 N–H and O–H groups in total. The molecule has 0 unspecified atom stereocenters. The Hall–Kier alpha value is -2.54. The van der Waals surface area contributed by atoms with E-state index in [0.29, 0.717) is 0 Å². The zero-order chi connectivity index (χ0) is 21.2. The van der Waals surface area contributed by atoms with E-state index in [9.17, 15) is 0 Å². The van der Waals surface area contributed by atoms with E-state index in [0.717, 1.165) is 16.2 Å². The van der Waals surface area contributed by atoms with Crippen LogP contribution in [-0.2, 0) is 0 Å². The predicted molar refractivity (Wildman–Crippen MR) is 137 cm³/mol. The summed E-state index contributed by atoms with van der Waals surface area (Å²) in [5.41, 5.74) is 0.874. The van der Waals surface area contributed by atoms with Gasteiger partial charge in [-0.1, -0.05) is 118 Å². The van der Waals surface area contributed by atoms with Gasteiger partial charge in [0.05, 0.1) is 0 Å². The van der Waals surface area contributed by atoms with E-state index in [2.05, 4.69) is 74.2 Å². The van der Waals surface area contributed by atoms with Crippen molar-refractivity contribution in [2.24, 2.45) is 0 Å². The molecule has 2 radical (unpaired) electrons. The average molecular weight is 392 g/mol. The number of benzene rings is 4. The highest BCUT2D eigenvalue weighted by molar-refractivity contribution is 6.46. The van der Waals surface area contributed by atoms with Crippen molar-refractivity contribution in [2.75, 3.05) is 0 Å². The van der Waals surface area contributed by atoms with Gasteiger partial charge in [-0.25, -0.2) is 0 Å². The molecule has 0 aromatic heterocycles. The Labute approximate surface area is 183 Å². The number of allylic oxidation sites excluding steroid dienone is 1. The van der Waals surface area contributed by atoms with E-state index in [4.69, 9.17) is 7.85 Å². The minimum atomic E-state index is 0.874. The third kappa shape index (κ3) is 5.54. The molecule has 0 aliphatic rings. The second kappa shape index (κ2) is 11.6. The molecule has 0 atom stereocenters. The molecule has 4 aromatic carbocycles. The second-order valence-corrected chi connectivity index (χ2v) is 8.09. The summed E-state index contributed by atoms with van der Waals surface area (Å²) in [5.74, 6) is 0. The van der Waals surface area contributed by atoms with Crippen molar-refractivity contribution in [3.63, 3.8) is 0 Å². The summed E-state index contributed by atoms with van der Waals surface area (Å²) >= 11 is 0. The maximum atomic E-state index is 6.35. The van der Waals surface area contributed by atoms with Crippen LogP contribution < -0.4 is 5.46 Å². The van der Waals surface area contributed by atoms with Crippen molar-refractivity contribution < 1.29 is 0 Å². The van der Waals surface area contributed by atoms with E-state index in [-0.39, 0.29) is 0 Å². The molecule has 0 amide bonds. The molecule has 4 aromatic rings. The monoisotopic (exact) mass is 392 g/mol. The van der Waals surface area contributed by atoms with Crippen LogP contribution in [0.1, 0.15) is 58.3 Å². The maximum absolute atomic E-state index is 6.35. The molecule has 0 aliphatic carbocycles. The second-order valence-electron chi connectivity index (χ2n) is 8.09. The quantitative estimate of drug-likeness (QED) is 0.0931. The lowest BCUT2D eigenvalue weighted by Crippen LogP contribution is -2.05. The van der Waals surface area contributed by atoms with Crippen LogP contribution in [0.2, 0.25) is 0 Å². The number of rotatable bonds is 8. The van der Waals surface area contributed by atoms with Crippen LogP contribution in [0.15, 0.2) is 79.4 Å². The van der Waals surface area contributed by atoms with Crippen molar-refractivity contribution in [2.45, 2.75) is 58.3 Å². The van der Waals surface area contributed by atoms with Crippen LogP contribution in [0.5, 0.6) is 0 Å². The van der Waals surface area contributed by atoms with Crippen LogP contribution in [-0.4, -0.2) is 7.85 Å². The molecule has 0 spiro atoms. The molecule has 152 valence electrons. The first kappa shape index (κ1) is 22.2. The van der Waals surface area contributed by atoms with Crippen molar-refractivity contribution in [1.82, 2.24) is 0 Å². The highest BCUT2D eigenvalue weighted by Gasteiger charge is 2.05. The molecular formula is C29H33B. The van der Waals surface area contributed by atoms with E-state index < -0.39 is 0 Å². The molecule has 4 rings (SSSR count). The molecule has 0 saturated heterocycles. The lowest BCUT2D eigenvalue weighted by atomic mass is 9.84. The first-order valence-corrected chi connectivity index (χ1v) is 11.5. The van der Waals surface area contributed by atoms with Crippen molar-refractivity contribution in [3.8, 4) is 0 Å². The minimum Gasteiger partial charge on any atom is -0.103 e. The van der Waals surface area contributed by atoms with Crippen molar-refractivity contribution in [3.05, 3.63) is 79.4 Å². The zero-order valence-electron chi connectivity index (χ0n) is 18.4. The number of hydrogen-bond donors (Lipinski definition) is 0. The first-order chi connectivity index (χ1) is 14.8. The van der Waals surface area contributed by atoms with E-state index >= 15 is 0 Å². The van der Waals surface area contributed by atoms with Crippen LogP contribution >= 0.6 is 0 Å². The van der Waals surface area contributed by atoms with Gasteiger partial charge in [-0.15, -0.1) is 6.58 Å². The third-order valence-electron chi connectivity index (χ3n) is 5.82. The Morgan fingerprint density at radius 1 is 0.667 bits per heavy atom. The first-order valence-electron chi connectivity index (χ1n) is 11.5. The van der Waals surface area contributed by atoms with Gasteiger partial charge in [-0.05, 0) is 51.2 Å². The Bertz CT molecular complexity index is 1090. The summed E-state index contributed by atoms with van der Waals surface area (Å²) in [6.07, 6.45) is 13.0. The van der Waals surface area contributed by atoms with Gasteiger partial charge in [-0.2, -0.15) is 0 Å². The molecular weight excluding hydrogens is 359 g/mol. The fourth-order valence-corrected chi connectivity index (χ4v) is 4.10. The normalized spacial score (nSPS) is 10.8. The van der Waals surface area contributed by atoms with E-state index in [1.165, 1.54) is 72.9 Å². The fraction of sp³-hybridized carbons (Fsp3) is 0.310. The summed E-state index contributed by atoms with van der Waals surface area (Å²) in [7, 11) is 6.35. The largest absolute Gasteiger partial charge is 0.115 e. The van der Waals surface area contributed by atoms with Crippen LogP contribution in [0.4, 0.5) is 0 Å². The number of fused-ring (bicyclic) bond motifs is 4. The zero-order valence-corrected chi connectivity index (χ0v) is 18.4. The van der Waals surface area contributed by atoms with Gasteiger partial charge in [0.25, 0.3) is 0 Å². The van der Waals surface area contributed by atoms with Gasteiger partial charge < -0.3 is 0 Å². The van der Waals surface area contributed by atoms with E-state index in [1.54, 1.807) is 0 Å².